The van der Waals surface area contributed by atoms with Crippen molar-refractivity contribution >= 4 is 11.0 Å². The van der Waals surface area contributed by atoms with E-state index in [0.29, 0.717) is 0 Å². The van der Waals surface area contributed by atoms with Gasteiger partial charge in [-0.25, -0.2) is 4.98 Å². The number of nitrogens with one attached hydrogen (secondary N) is 1. The fourth-order valence-electron chi connectivity index (χ4n) is 1.08. The molecule has 55 valence electrons. The van der Waals surface area contributed by atoms with Gasteiger partial charge in [0.05, 0.1) is 11.0 Å². The molecule has 11 heavy (non-hydrogen) atoms. The highest BCUT2D eigenvalue weighted by molar-refractivity contribution is 5.80. The molecule has 0 amide bonds. The quantitative estimate of drug-likeness (QED) is 0.591. The maximum Gasteiger partial charge on any atom is 0.174 e. The van der Waals surface area contributed by atoms with Crippen molar-refractivity contribution < 1.29 is 5.11 Å². The first kappa shape index (κ1) is 6.22. The minimum atomic E-state index is 0.276. The van der Waals surface area contributed by atoms with E-state index >= 15 is 0 Å². The first-order valence-corrected chi connectivity index (χ1v) is 3.33. The SMILES string of the molecule is Cc1c(O)ccc2[nH][c]nc12. The number of hydrogen-bond donors (Lipinski definition) is 2. The molecule has 0 spiro atoms. The molecular formula is C8H7N2O. The Kier molecular flexibility index (Phi) is 1.12. The average molecular weight is 147 g/mol. The molecule has 1 aromatic heterocycles. The normalized spacial score (nSPS) is 10.6. The summed E-state index contributed by atoms with van der Waals surface area (Å²) in [6.07, 6.45) is 2.62. The highest BCUT2D eigenvalue weighted by atomic mass is 16.3. The summed E-state index contributed by atoms with van der Waals surface area (Å²) in [5, 5.41) is 9.27. The molecule has 2 rings (SSSR count). The summed E-state index contributed by atoms with van der Waals surface area (Å²) in [4.78, 5) is 6.78. The van der Waals surface area contributed by atoms with Crippen molar-refractivity contribution in [3.63, 3.8) is 0 Å². The van der Waals surface area contributed by atoms with E-state index in [0.717, 1.165) is 16.6 Å². The largest absolute Gasteiger partial charge is 0.508 e. The van der Waals surface area contributed by atoms with Crippen LogP contribution in [0.5, 0.6) is 5.75 Å². The Bertz CT molecular complexity index is 392. The molecule has 3 heteroatoms. The van der Waals surface area contributed by atoms with Gasteiger partial charge in [-0.2, -0.15) is 0 Å². The number of aryl methyl sites for hydroxylation is 1. The number of phenolic OH excluding ortho intramolecular Hbond substituents is 1. The molecule has 2 aromatic rings. The maximum absolute atomic E-state index is 9.27. The number of fused-ring (bicyclic) bond motifs is 1. The Labute approximate surface area is 63.7 Å². The van der Waals surface area contributed by atoms with Crippen LogP contribution in [0.25, 0.3) is 11.0 Å². The van der Waals surface area contributed by atoms with Crippen molar-refractivity contribution in [2.24, 2.45) is 0 Å². The van der Waals surface area contributed by atoms with Crippen LogP contribution in [0.2, 0.25) is 0 Å². The van der Waals surface area contributed by atoms with Crippen LogP contribution in [0.15, 0.2) is 12.1 Å². The zero-order chi connectivity index (χ0) is 7.84. The molecule has 3 nitrogen and oxygen atoms in total. The van der Waals surface area contributed by atoms with Crippen molar-refractivity contribution in [2.75, 3.05) is 0 Å². The van der Waals surface area contributed by atoms with E-state index in [1.54, 1.807) is 12.1 Å². The first-order valence-electron chi connectivity index (χ1n) is 3.33. The number of aromatic nitrogens is 2. The molecule has 0 aliphatic rings. The van der Waals surface area contributed by atoms with Gasteiger partial charge in [-0.15, -0.1) is 0 Å². The fourth-order valence-corrected chi connectivity index (χ4v) is 1.08. The summed E-state index contributed by atoms with van der Waals surface area (Å²) in [6.45, 7) is 1.83. The molecule has 1 heterocycles. The zero-order valence-corrected chi connectivity index (χ0v) is 6.05. The Balaban J connectivity index is 2.93. The average Bonchev–Trinajstić information content (AvgIpc) is 2.45. The third-order valence-corrected chi connectivity index (χ3v) is 1.76. The minimum Gasteiger partial charge on any atom is -0.508 e. The van der Waals surface area contributed by atoms with Crippen LogP contribution >= 0.6 is 0 Å². The number of imidazole rings is 1. The number of nitrogens with zero attached hydrogens (tertiary/aromatic N) is 1. The lowest BCUT2D eigenvalue weighted by Crippen LogP contribution is -1.77. The van der Waals surface area contributed by atoms with Gasteiger partial charge in [0.25, 0.3) is 0 Å². The second-order valence-electron chi connectivity index (χ2n) is 2.45. The van der Waals surface area contributed by atoms with E-state index < -0.39 is 0 Å². The summed E-state index contributed by atoms with van der Waals surface area (Å²) in [6, 6.07) is 3.42. The highest BCUT2D eigenvalue weighted by Gasteiger charge is 2.02. The first-order chi connectivity index (χ1) is 5.29. The zero-order valence-electron chi connectivity index (χ0n) is 6.05. The molecule has 0 aliphatic carbocycles. The number of aromatic amines is 1. The number of aromatic hydroxyl groups is 1. The molecule has 0 bridgehead atoms. The lowest BCUT2D eigenvalue weighted by Gasteiger charge is -1.96. The highest BCUT2D eigenvalue weighted by Crippen LogP contribution is 2.22. The molecule has 0 aliphatic heterocycles. The summed E-state index contributed by atoms with van der Waals surface area (Å²) in [7, 11) is 0. The predicted molar refractivity (Wildman–Crippen MR) is 41.3 cm³/mol. The van der Waals surface area contributed by atoms with Gasteiger partial charge in [0.15, 0.2) is 6.33 Å². The topological polar surface area (TPSA) is 48.9 Å². The lowest BCUT2D eigenvalue weighted by atomic mass is 10.2. The van der Waals surface area contributed by atoms with Crippen molar-refractivity contribution in [3.8, 4) is 5.75 Å². The van der Waals surface area contributed by atoms with E-state index in [4.69, 9.17) is 0 Å². The van der Waals surface area contributed by atoms with Gasteiger partial charge in [0, 0.05) is 5.56 Å². The Morgan fingerprint density at radius 1 is 1.55 bits per heavy atom. The standard InChI is InChI=1S/C8H7N2O/c1-5-7(11)3-2-6-8(5)10-4-9-6/h2-3,11H,1H3,(H,9,10). The number of benzene rings is 1. The van der Waals surface area contributed by atoms with Gasteiger partial charge in [-0.1, -0.05) is 0 Å². The molecule has 0 fully saturated rings. The Morgan fingerprint density at radius 2 is 2.36 bits per heavy atom. The van der Waals surface area contributed by atoms with Gasteiger partial charge in [0.2, 0.25) is 0 Å². The van der Waals surface area contributed by atoms with Crippen LogP contribution in [-0.2, 0) is 0 Å². The van der Waals surface area contributed by atoms with Crippen LogP contribution in [0, 0.1) is 13.3 Å². The number of hydrogen-bond acceptors (Lipinski definition) is 2. The Morgan fingerprint density at radius 3 is 3.18 bits per heavy atom. The monoisotopic (exact) mass is 147 g/mol. The van der Waals surface area contributed by atoms with Gasteiger partial charge < -0.3 is 10.1 Å². The van der Waals surface area contributed by atoms with Crippen LogP contribution in [0.4, 0.5) is 0 Å². The maximum atomic E-state index is 9.27. The van der Waals surface area contributed by atoms with Gasteiger partial charge in [-0.3, -0.25) is 0 Å². The summed E-state index contributed by atoms with van der Waals surface area (Å²) in [5.41, 5.74) is 2.48. The number of rotatable bonds is 0. The van der Waals surface area contributed by atoms with Gasteiger partial charge in [0.1, 0.15) is 5.75 Å². The molecule has 0 unspecified atom stereocenters. The van der Waals surface area contributed by atoms with E-state index in [1.807, 2.05) is 6.92 Å². The summed E-state index contributed by atoms with van der Waals surface area (Å²) in [5.74, 6) is 0.276. The molecule has 0 saturated heterocycles. The second kappa shape index (κ2) is 1.99. The van der Waals surface area contributed by atoms with E-state index in [2.05, 4.69) is 16.3 Å². The van der Waals surface area contributed by atoms with Crippen LogP contribution in [0.3, 0.4) is 0 Å². The Hall–Kier alpha value is -1.51. The molecule has 2 N–H and O–H groups in total. The van der Waals surface area contributed by atoms with Crippen LogP contribution < -0.4 is 0 Å². The molecule has 1 radical (unpaired) electrons. The van der Waals surface area contributed by atoms with E-state index in [-0.39, 0.29) is 5.75 Å². The van der Waals surface area contributed by atoms with E-state index in [1.165, 1.54) is 0 Å². The number of H-pyrrole nitrogens is 1. The van der Waals surface area contributed by atoms with Crippen molar-refractivity contribution in [3.05, 3.63) is 24.0 Å². The third kappa shape index (κ3) is 0.774. The van der Waals surface area contributed by atoms with Gasteiger partial charge >= 0.3 is 0 Å². The summed E-state index contributed by atoms with van der Waals surface area (Å²) >= 11 is 0. The third-order valence-electron chi connectivity index (χ3n) is 1.76. The van der Waals surface area contributed by atoms with Gasteiger partial charge in [-0.05, 0) is 19.1 Å². The molecule has 0 atom stereocenters. The van der Waals surface area contributed by atoms with Crippen molar-refractivity contribution in [1.82, 2.24) is 9.97 Å². The number of phenols is 1. The molecule has 0 saturated carbocycles. The second-order valence-corrected chi connectivity index (χ2v) is 2.45. The molecule has 1 aromatic carbocycles. The van der Waals surface area contributed by atoms with E-state index in [9.17, 15) is 5.11 Å². The lowest BCUT2D eigenvalue weighted by molar-refractivity contribution is 0.472. The van der Waals surface area contributed by atoms with Crippen molar-refractivity contribution in [2.45, 2.75) is 6.92 Å². The molecular weight excluding hydrogens is 140 g/mol. The van der Waals surface area contributed by atoms with Crippen LogP contribution in [-0.4, -0.2) is 15.1 Å². The predicted octanol–water partition coefficient (Wildman–Crippen LogP) is 1.38. The summed E-state index contributed by atoms with van der Waals surface area (Å²) < 4.78 is 0. The fraction of sp³-hybridized carbons (Fsp3) is 0.125. The van der Waals surface area contributed by atoms with Crippen LogP contribution in [0.1, 0.15) is 5.56 Å². The minimum absolute atomic E-state index is 0.276. The van der Waals surface area contributed by atoms with Crippen molar-refractivity contribution in [1.29, 1.82) is 0 Å². The smallest absolute Gasteiger partial charge is 0.174 e.